The van der Waals surface area contributed by atoms with Crippen LogP contribution in [-0.2, 0) is 6.54 Å². The third-order valence-electron chi connectivity index (χ3n) is 2.94. The zero-order chi connectivity index (χ0) is 13.8. The number of ether oxygens (including phenoxy) is 1. The average molecular weight is 276 g/mol. The van der Waals surface area contributed by atoms with E-state index in [1.54, 1.807) is 0 Å². The Morgan fingerprint density at radius 2 is 1.84 bits per heavy atom. The summed E-state index contributed by atoms with van der Waals surface area (Å²) in [5.74, 6) is 1.54. The summed E-state index contributed by atoms with van der Waals surface area (Å²) in [6.45, 7) is 4.87. The molecule has 0 fully saturated rings. The van der Waals surface area contributed by atoms with Crippen LogP contribution in [0, 0.1) is 13.8 Å². The van der Waals surface area contributed by atoms with Crippen molar-refractivity contribution >= 4 is 11.6 Å². The first-order chi connectivity index (χ1) is 9.10. The lowest BCUT2D eigenvalue weighted by molar-refractivity contribution is 0.478. The summed E-state index contributed by atoms with van der Waals surface area (Å²) in [5.41, 5.74) is 3.41. The zero-order valence-electron chi connectivity index (χ0n) is 11.5. The summed E-state index contributed by atoms with van der Waals surface area (Å²) < 4.78 is 5.90. The van der Waals surface area contributed by atoms with E-state index in [-0.39, 0.29) is 0 Å². The molecule has 0 aliphatic carbocycles. The smallest absolute Gasteiger partial charge is 0.146 e. The second-order valence-corrected chi connectivity index (χ2v) is 5.07. The van der Waals surface area contributed by atoms with Crippen LogP contribution < -0.4 is 10.1 Å². The topological polar surface area (TPSA) is 21.3 Å². The van der Waals surface area contributed by atoms with Gasteiger partial charge in [0.05, 0.1) is 5.02 Å². The Morgan fingerprint density at radius 3 is 2.53 bits per heavy atom. The van der Waals surface area contributed by atoms with Crippen molar-refractivity contribution in [3.8, 4) is 11.5 Å². The molecule has 1 N–H and O–H groups in total. The minimum atomic E-state index is 0.633. The molecule has 0 unspecified atom stereocenters. The number of benzene rings is 2. The number of hydrogen-bond acceptors (Lipinski definition) is 2. The zero-order valence-corrected chi connectivity index (χ0v) is 12.2. The normalized spacial score (nSPS) is 10.5. The molecular formula is C16H18ClNO. The van der Waals surface area contributed by atoms with Gasteiger partial charge in [0.2, 0.25) is 0 Å². The first-order valence-corrected chi connectivity index (χ1v) is 6.66. The molecule has 0 bridgehead atoms. The first kappa shape index (κ1) is 13.9. The molecule has 0 saturated carbocycles. The number of aryl methyl sites for hydroxylation is 2. The van der Waals surface area contributed by atoms with Crippen molar-refractivity contribution in [3.05, 3.63) is 58.1 Å². The minimum absolute atomic E-state index is 0.633. The van der Waals surface area contributed by atoms with Gasteiger partial charge in [0, 0.05) is 6.54 Å². The largest absolute Gasteiger partial charge is 0.456 e. The fourth-order valence-electron chi connectivity index (χ4n) is 1.88. The summed E-state index contributed by atoms with van der Waals surface area (Å²) in [6, 6.07) is 12.0. The Morgan fingerprint density at radius 1 is 1.05 bits per heavy atom. The van der Waals surface area contributed by atoms with Crippen LogP contribution in [0.5, 0.6) is 11.5 Å². The fraction of sp³-hybridized carbons (Fsp3) is 0.250. The van der Waals surface area contributed by atoms with E-state index in [1.807, 2.05) is 51.2 Å². The lowest BCUT2D eigenvalue weighted by Crippen LogP contribution is -2.04. The molecule has 19 heavy (non-hydrogen) atoms. The molecule has 2 rings (SSSR count). The van der Waals surface area contributed by atoms with E-state index >= 15 is 0 Å². The Labute approximate surface area is 119 Å². The lowest BCUT2D eigenvalue weighted by atomic mass is 10.1. The van der Waals surface area contributed by atoms with Gasteiger partial charge in [0.1, 0.15) is 11.5 Å². The van der Waals surface area contributed by atoms with Crippen molar-refractivity contribution in [1.82, 2.24) is 5.32 Å². The van der Waals surface area contributed by atoms with Crippen LogP contribution in [0.1, 0.15) is 16.7 Å². The van der Waals surface area contributed by atoms with E-state index < -0.39 is 0 Å². The highest BCUT2D eigenvalue weighted by molar-refractivity contribution is 6.32. The molecule has 0 atom stereocenters. The van der Waals surface area contributed by atoms with E-state index in [1.165, 1.54) is 5.56 Å². The molecule has 0 spiro atoms. The molecule has 2 aromatic carbocycles. The van der Waals surface area contributed by atoms with Crippen LogP contribution in [0.15, 0.2) is 36.4 Å². The highest BCUT2D eigenvalue weighted by Crippen LogP contribution is 2.32. The Bertz CT molecular complexity index is 581. The lowest BCUT2D eigenvalue weighted by Gasteiger charge is -2.12. The van der Waals surface area contributed by atoms with Crippen LogP contribution in [0.25, 0.3) is 0 Å². The van der Waals surface area contributed by atoms with E-state index in [4.69, 9.17) is 16.3 Å². The van der Waals surface area contributed by atoms with Crippen molar-refractivity contribution in [2.24, 2.45) is 0 Å². The summed E-state index contributed by atoms with van der Waals surface area (Å²) in [5, 5.41) is 3.73. The van der Waals surface area contributed by atoms with E-state index in [2.05, 4.69) is 11.4 Å². The Kier molecular flexibility index (Phi) is 4.46. The van der Waals surface area contributed by atoms with Crippen molar-refractivity contribution in [2.75, 3.05) is 7.05 Å². The molecule has 100 valence electrons. The molecule has 0 amide bonds. The van der Waals surface area contributed by atoms with Crippen LogP contribution in [0.4, 0.5) is 0 Å². The summed E-state index contributed by atoms with van der Waals surface area (Å²) in [4.78, 5) is 0. The SMILES string of the molecule is CNCc1ccc(Oc2cc(C)ccc2C)c(Cl)c1. The molecule has 0 aromatic heterocycles. The van der Waals surface area contributed by atoms with Gasteiger partial charge in [-0.1, -0.05) is 29.8 Å². The van der Waals surface area contributed by atoms with E-state index in [0.717, 1.165) is 23.4 Å². The summed E-state index contributed by atoms with van der Waals surface area (Å²) >= 11 is 6.25. The molecule has 2 aromatic rings. The molecule has 0 saturated heterocycles. The standard InChI is InChI=1S/C16H18ClNO/c1-11-4-5-12(2)16(8-11)19-15-7-6-13(10-18-3)9-14(15)17/h4-9,18H,10H2,1-3H3. The molecule has 3 heteroatoms. The molecule has 0 aliphatic heterocycles. The van der Waals surface area contributed by atoms with Gasteiger partial charge in [-0.3, -0.25) is 0 Å². The number of nitrogens with one attached hydrogen (secondary N) is 1. The fourth-order valence-corrected chi connectivity index (χ4v) is 2.12. The maximum Gasteiger partial charge on any atom is 0.146 e. The third kappa shape index (κ3) is 3.49. The molecule has 2 nitrogen and oxygen atoms in total. The van der Waals surface area contributed by atoms with E-state index in [0.29, 0.717) is 10.8 Å². The second kappa shape index (κ2) is 6.09. The van der Waals surface area contributed by atoms with Gasteiger partial charge in [-0.15, -0.1) is 0 Å². The second-order valence-electron chi connectivity index (χ2n) is 4.67. The van der Waals surface area contributed by atoms with Crippen LogP contribution in [0.3, 0.4) is 0 Å². The number of hydrogen-bond donors (Lipinski definition) is 1. The van der Waals surface area contributed by atoms with Crippen molar-refractivity contribution in [2.45, 2.75) is 20.4 Å². The van der Waals surface area contributed by atoms with Gasteiger partial charge in [0.25, 0.3) is 0 Å². The van der Waals surface area contributed by atoms with Gasteiger partial charge < -0.3 is 10.1 Å². The van der Waals surface area contributed by atoms with Crippen molar-refractivity contribution in [3.63, 3.8) is 0 Å². The molecule has 0 radical (unpaired) electrons. The average Bonchev–Trinajstić information content (AvgIpc) is 2.37. The quantitative estimate of drug-likeness (QED) is 0.889. The van der Waals surface area contributed by atoms with Crippen LogP contribution >= 0.6 is 11.6 Å². The van der Waals surface area contributed by atoms with Gasteiger partial charge in [0.15, 0.2) is 0 Å². The highest BCUT2D eigenvalue weighted by atomic mass is 35.5. The Hall–Kier alpha value is -1.51. The van der Waals surface area contributed by atoms with Crippen LogP contribution in [-0.4, -0.2) is 7.05 Å². The maximum atomic E-state index is 6.25. The summed E-state index contributed by atoms with van der Waals surface area (Å²) in [7, 11) is 1.91. The van der Waals surface area contributed by atoms with E-state index in [9.17, 15) is 0 Å². The predicted octanol–water partition coefficient (Wildman–Crippen LogP) is 4.47. The van der Waals surface area contributed by atoms with Crippen LogP contribution in [0.2, 0.25) is 5.02 Å². The van der Waals surface area contributed by atoms with Gasteiger partial charge in [-0.05, 0) is 55.8 Å². The van der Waals surface area contributed by atoms with Crippen molar-refractivity contribution < 1.29 is 4.74 Å². The molecule has 0 heterocycles. The number of rotatable bonds is 4. The van der Waals surface area contributed by atoms with Gasteiger partial charge in [-0.25, -0.2) is 0 Å². The Balaban J connectivity index is 2.25. The van der Waals surface area contributed by atoms with Gasteiger partial charge in [-0.2, -0.15) is 0 Å². The third-order valence-corrected chi connectivity index (χ3v) is 3.24. The highest BCUT2D eigenvalue weighted by Gasteiger charge is 2.06. The molecular weight excluding hydrogens is 258 g/mol. The predicted molar refractivity (Wildman–Crippen MR) is 80.2 cm³/mol. The molecule has 0 aliphatic rings. The number of halogens is 1. The van der Waals surface area contributed by atoms with Gasteiger partial charge >= 0.3 is 0 Å². The first-order valence-electron chi connectivity index (χ1n) is 6.28. The maximum absolute atomic E-state index is 6.25. The monoisotopic (exact) mass is 275 g/mol. The van der Waals surface area contributed by atoms with Crippen molar-refractivity contribution in [1.29, 1.82) is 0 Å². The minimum Gasteiger partial charge on any atom is -0.456 e. The summed E-state index contributed by atoms with van der Waals surface area (Å²) in [6.07, 6.45) is 0.